The molecule has 5 nitrogen and oxygen atoms in total. The molecule has 2 aromatic rings. The van der Waals surface area contributed by atoms with E-state index in [0.717, 1.165) is 76.3 Å². The van der Waals surface area contributed by atoms with Crippen LogP contribution in [0.1, 0.15) is 44.6 Å². The summed E-state index contributed by atoms with van der Waals surface area (Å²) in [6.07, 6.45) is 4.69. The van der Waals surface area contributed by atoms with E-state index in [1.807, 2.05) is 12.1 Å². The Bertz CT molecular complexity index is 811. The summed E-state index contributed by atoms with van der Waals surface area (Å²) in [5.74, 6) is 0.929. The number of hydrogen-bond acceptors (Lipinski definition) is 5. The fraction of sp³-hybridized carbons (Fsp3) is 0.556. The number of aliphatic hydroxyl groups is 1. The van der Waals surface area contributed by atoms with Crippen LogP contribution >= 0.6 is 37.2 Å². The van der Waals surface area contributed by atoms with E-state index in [1.165, 1.54) is 11.3 Å². The van der Waals surface area contributed by atoms with Gasteiger partial charge in [-0.2, -0.15) is 0 Å². The molecule has 35 heavy (non-hydrogen) atoms. The van der Waals surface area contributed by atoms with Gasteiger partial charge in [0, 0.05) is 58.7 Å². The Morgan fingerprint density at radius 3 is 2.00 bits per heavy atom. The van der Waals surface area contributed by atoms with E-state index in [2.05, 4.69) is 79.2 Å². The molecule has 3 rings (SSSR count). The molecule has 1 fully saturated rings. The minimum atomic E-state index is -0.567. The van der Waals surface area contributed by atoms with Crippen LogP contribution in [0.3, 0.4) is 0 Å². The van der Waals surface area contributed by atoms with Crippen molar-refractivity contribution < 1.29 is 9.84 Å². The normalized spacial score (nSPS) is 14.7. The van der Waals surface area contributed by atoms with Gasteiger partial charge in [-0.3, -0.25) is 4.90 Å². The van der Waals surface area contributed by atoms with E-state index in [-0.39, 0.29) is 37.2 Å². The van der Waals surface area contributed by atoms with E-state index in [0.29, 0.717) is 0 Å². The van der Waals surface area contributed by atoms with Crippen LogP contribution in [0, 0.1) is 0 Å². The highest BCUT2D eigenvalue weighted by molar-refractivity contribution is 5.86. The van der Waals surface area contributed by atoms with Crippen molar-refractivity contribution in [2.24, 2.45) is 0 Å². The molecule has 0 aliphatic carbocycles. The Morgan fingerprint density at radius 1 is 0.886 bits per heavy atom. The zero-order chi connectivity index (χ0) is 23.0. The highest BCUT2D eigenvalue weighted by Gasteiger charge is 2.32. The zero-order valence-electron chi connectivity index (χ0n) is 21.6. The van der Waals surface area contributed by atoms with Crippen LogP contribution < -0.4 is 14.5 Å². The summed E-state index contributed by atoms with van der Waals surface area (Å²) in [5.41, 5.74) is 3.16. The van der Waals surface area contributed by atoms with Crippen LogP contribution in [-0.4, -0.2) is 63.0 Å². The lowest BCUT2D eigenvalue weighted by atomic mass is 9.88. The molecule has 1 aliphatic rings. The van der Waals surface area contributed by atoms with Crippen LogP contribution in [0.2, 0.25) is 0 Å². The van der Waals surface area contributed by atoms with Gasteiger partial charge in [-0.05, 0) is 67.6 Å². The number of piperidine rings is 1. The quantitative estimate of drug-likeness (QED) is 0.346. The molecule has 1 saturated heterocycles. The molecule has 1 heterocycles. The molecule has 2 aromatic carbocycles. The summed E-state index contributed by atoms with van der Waals surface area (Å²) in [7, 11) is 6.23. The smallest absolute Gasteiger partial charge is 0.119 e. The molecule has 0 amide bonds. The van der Waals surface area contributed by atoms with Gasteiger partial charge in [0.2, 0.25) is 0 Å². The van der Waals surface area contributed by atoms with E-state index >= 15 is 0 Å². The van der Waals surface area contributed by atoms with E-state index in [9.17, 15) is 5.11 Å². The minimum absolute atomic E-state index is 0. The topological polar surface area (TPSA) is 39.2 Å². The number of halogens is 3. The number of benzene rings is 2. The van der Waals surface area contributed by atoms with Crippen molar-refractivity contribution >= 4 is 48.6 Å². The SMILES string of the molecule is CCCCOc1ccc(N(C)CCC2(O)CCN(Cc3ccc(N(C)C)cc3)CC2)cc1.Cl.Cl.Cl. The number of rotatable bonds is 11. The van der Waals surface area contributed by atoms with E-state index in [4.69, 9.17) is 4.74 Å². The van der Waals surface area contributed by atoms with Crippen LogP contribution in [-0.2, 0) is 6.54 Å². The summed E-state index contributed by atoms with van der Waals surface area (Å²) in [6.45, 7) is 6.63. The van der Waals surface area contributed by atoms with Crippen molar-refractivity contribution in [3.05, 3.63) is 54.1 Å². The zero-order valence-corrected chi connectivity index (χ0v) is 24.1. The van der Waals surface area contributed by atoms with Crippen molar-refractivity contribution in [2.75, 3.05) is 57.2 Å². The first kappa shape index (κ1) is 33.6. The first-order chi connectivity index (χ1) is 15.4. The summed E-state index contributed by atoms with van der Waals surface area (Å²) in [4.78, 5) is 6.81. The highest BCUT2D eigenvalue weighted by Crippen LogP contribution is 2.28. The lowest BCUT2D eigenvalue weighted by molar-refractivity contribution is -0.0275. The second-order valence-corrected chi connectivity index (χ2v) is 9.43. The maximum absolute atomic E-state index is 11.1. The molecule has 1 N–H and O–H groups in total. The third-order valence-corrected chi connectivity index (χ3v) is 6.60. The summed E-state index contributed by atoms with van der Waals surface area (Å²) in [6, 6.07) is 17.1. The molecule has 0 atom stereocenters. The summed E-state index contributed by atoms with van der Waals surface area (Å²) >= 11 is 0. The standard InChI is InChI=1S/C27H41N3O2.3ClH/c1-5-6-21-32-26-13-11-25(12-14-26)29(4)18-15-27(31)16-19-30(20-17-27)22-23-7-9-24(10-8-23)28(2)3;;;/h7-14,31H,5-6,15-22H2,1-4H3;3*1H. The number of unbranched alkanes of at least 4 members (excludes halogenated alkanes) is 1. The molecule has 0 bridgehead atoms. The number of ether oxygens (including phenoxy) is 1. The fourth-order valence-electron chi connectivity index (χ4n) is 4.17. The van der Waals surface area contributed by atoms with Crippen molar-refractivity contribution in [3.63, 3.8) is 0 Å². The van der Waals surface area contributed by atoms with Gasteiger partial charge in [0.25, 0.3) is 0 Å². The number of nitrogens with zero attached hydrogens (tertiary/aromatic N) is 3. The number of hydrogen-bond donors (Lipinski definition) is 1. The molecular formula is C27H44Cl3N3O2. The van der Waals surface area contributed by atoms with Crippen LogP contribution in [0.5, 0.6) is 5.75 Å². The molecule has 1 aliphatic heterocycles. The summed E-state index contributed by atoms with van der Waals surface area (Å²) in [5, 5.41) is 11.1. The second kappa shape index (κ2) is 16.4. The molecule has 0 aromatic heterocycles. The van der Waals surface area contributed by atoms with Crippen molar-refractivity contribution in [1.29, 1.82) is 0 Å². The van der Waals surface area contributed by atoms with Gasteiger partial charge in [-0.15, -0.1) is 37.2 Å². The Morgan fingerprint density at radius 2 is 1.46 bits per heavy atom. The molecule has 0 saturated carbocycles. The third kappa shape index (κ3) is 10.6. The summed E-state index contributed by atoms with van der Waals surface area (Å²) < 4.78 is 5.76. The predicted octanol–water partition coefficient (Wildman–Crippen LogP) is 6.05. The molecule has 0 unspecified atom stereocenters. The molecule has 0 radical (unpaired) electrons. The molecular weight excluding hydrogens is 505 g/mol. The number of likely N-dealkylation sites (tertiary alicyclic amines) is 1. The maximum Gasteiger partial charge on any atom is 0.119 e. The maximum atomic E-state index is 11.1. The van der Waals surface area contributed by atoms with Crippen molar-refractivity contribution in [2.45, 2.75) is 51.2 Å². The van der Waals surface area contributed by atoms with Gasteiger partial charge in [-0.25, -0.2) is 0 Å². The average molecular weight is 549 g/mol. The second-order valence-electron chi connectivity index (χ2n) is 9.43. The van der Waals surface area contributed by atoms with Crippen molar-refractivity contribution in [1.82, 2.24) is 4.90 Å². The largest absolute Gasteiger partial charge is 0.494 e. The minimum Gasteiger partial charge on any atom is -0.494 e. The monoisotopic (exact) mass is 547 g/mol. The van der Waals surface area contributed by atoms with Gasteiger partial charge in [0.15, 0.2) is 0 Å². The van der Waals surface area contributed by atoms with Crippen molar-refractivity contribution in [3.8, 4) is 5.75 Å². The van der Waals surface area contributed by atoms with E-state index in [1.54, 1.807) is 0 Å². The highest BCUT2D eigenvalue weighted by atomic mass is 35.5. The lowest BCUT2D eigenvalue weighted by Gasteiger charge is -2.39. The van der Waals surface area contributed by atoms with Gasteiger partial charge < -0.3 is 19.6 Å². The third-order valence-electron chi connectivity index (χ3n) is 6.60. The van der Waals surface area contributed by atoms with Crippen LogP contribution in [0.15, 0.2) is 48.5 Å². The average Bonchev–Trinajstić information content (AvgIpc) is 2.80. The predicted molar refractivity (Wildman–Crippen MR) is 157 cm³/mol. The molecule has 8 heteroatoms. The molecule has 200 valence electrons. The first-order valence-electron chi connectivity index (χ1n) is 12.0. The Hall–Kier alpha value is -1.37. The Balaban J connectivity index is 0.00000385. The molecule has 0 spiro atoms. The Labute approximate surface area is 231 Å². The number of anilines is 2. The Kier molecular flexibility index (Phi) is 15.7. The van der Waals surface area contributed by atoms with Crippen LogP contribution in [0.25, 0.3) is 0 Å². The van der Waals surface area contributed by atoms with Crippen LogP contribution in [0.4, 0.5) is 11.4 Å². The van der Waals surface area contributed by atoms with Gasteiger partial charge in [0.05, 0.1) is 12.2 Å². The first-order valence-corrected chi connectivity index (χ1v) is 12.0. The fourth-order valence-corrected chi connectivity index (χ4v) is 4.17. The van der Waals surface area contributed by atoms with Gasteiger partial charge in [-0.1, -0.05) is 25.5 Å². The van der Waals surface area contributed by atoms with Gasteiger partial charge in [0.1, 0.15) is 5.75 Å². The van der Waals surface area contributed by atoms with Gasteiger partial charge >= 0.3 is 0 Å². The lowest BCUT2D eigenvalue weighted by Crippen LogP contribution is -2.45. The van der Waals surface area contributed by atoms with E-state index < -0.39 is 5.60 Å².